The molecular formula is C19H23FN2O6S. The third kappa shape index (κ3) is 5.33. The van der Waals surface area contributed by atoms with Crippen LogP contribution in [-0.4, -0.2) is 24.1 Å². The Morgan fingerprint density at radius 2 is 2.00 bits per heavy atom. The van der Waals surface area contributed by atoms with Crippen molar-refractivity contribution < 1.29 is 26.0 Å². The van der Waals surface area contributed by atoms with Crippen LogP contribution in [0.5, 0.6) is 11.6 Å². The van der Waals surface area contributed by atoms with E-state index in [1.807, 2.05) is 0 Å². The van der Waals surface area contributed by atoms with Gasteiger partial charge in [0, 0.05) is 11.8 Å². The van der Waals surface area contributed by atoms with Crippen LogP contribution >= 0.6 is 0 Å². The maximum atomic E-state index is 12.5. The zero-order valence-corrected chi connectivity index (χ0v) is 17.2. The Labute approximate surface area is 168 Å². The Balaban J connectivity index is 1.68. The Hall–Kier alpha value is -2.46. The fourth-order valence-electron chi connectivity index (χ4n) is 3.35. The van der Waals surface area contributed by atoms with Crippen LogP contribution in [0.15, 0.2) is 35.3 Å². The zero-order valence-electron chi connectivity index (χ0n) is 16.4. The van der Waals surface area contributed by atoms with E-state index in [0.29, 0.717) is 17.0 Å². The van der Waals surface area contributed by atoms with E-state index in [1.54, 1.807) is 13.1 Å². The molecule has 29 heavy (non-hydrogen) atoms. The van der Waals surface area contributed by atoms with Gasteiger partial charge in [-0.2, -0.15) is 13.4 Å². The van der Waals surface area contributed by atoms with Crippen molar-refractivity contribution in [3.63, 3.8) is 0 Å². The summed E-state index contributed by atoms with van der Waals surface area (Å²) in [6.45, 7) is 6.05. The molecule has 0 aliphatic carbocycles. The van der Waals surface area contributed by atoms with Gasteiger partial charge in [0.05, 0.1) is 6.10 Å². The summed E-state index contributed by atoms with van der Waals surface area (Å²) in [5, 5.41) is 0. The molecule has 0 N–H and O–H groups in total. The summed E-state index contributed by atoms with van der Waals surface area (Å²) >= 11 is 0. The lowest BCUT2D eigenvalue weighted by Gasteiger charge is -2.17. The Bertz CT molecular complexity index is 1020. The summed E-state index contributed by atoms with van der Waals surface area (Å²) in [5.41, 5.74) is 0.901. The Kier molecular flexibility index (Phi) is 6.23. The molecule has 1 aromatic carbocycles. The minimum Gasteiger partial charge on any atom is -0.472 e. The van der Waals surface area contributed by atoms with E-state index in [9.17, 15) is 17.1 Å². The van der Waals surface area contributed by atoms with Crippen LogP contribution in [0.4, 0.5) is 3.89 Å². The molecule has 3 rings (SSSR count). The molecule has 158 valence electrons. The van der Waals surface area contributed by atoms with Gasteiger partial charge in [-0.25, -0.2) is 4.79 Å². The summed E-state index contributed by atoms with van der Waals surface area (Å²) in [7, 11) is -5.06. The van der Waals surface area contributed by atoms with Crippen molar-refractivity contribution in [2.45, 2.75) is 52.6 Å². The lowest BCUT2D eigenvalue weighted by atomic mass is 10.0. The monoisotopic (exact) mass is 426 g/mol. The largest absolute Gasteiger partial charge is 0.488 e. The molecule has 0 bridgehead atoms. The molecule has 1 aromatic heterocycles. The van der Waals surface area contributed by atoms with E-state index in [0.717, 1.165) is 12.8 Å². The maximum absolute atomic E-state index is 12.5. The Morgan fingerprint density at radius 1 is 1.31 bits per heavy atom. The van der Waals surface area contributed by atoms with Crippen molar-refractivity contribution in [1.82, 2.24) is 9.55 Å². The predicted molar refractivity (Wildman–Crippen MR) is 103 cm³/mol. The molecule has 2 aromatic rings. The number of rotatable bonds is 7. The topological polar surface area (TPSA) is 96.7 Å². The average molecular weight is 426 g/mol. The highest BCUT2D eigenvalue weighted by Crippen LogP contribution is 2.34. The molecule has 1 aliphatic heterocycles. The number of aromatic nitrogens is 2. The molecule has 0 saturated carbocycles. The predicted octanol–water partition coefficient (Wildman–Crippen LogP) is 3.06. The second-order valence-electron chi connectivity index (χ2n) is 7.08. The summed E-state index contributed by atoms with van der Waals surface area (Å²) in [6, 6.07) is 5.65. The molecule has 1 aliphatic rings. The van der Waals surface area contributed by atoms with Gasteiger partial charge in [0.2, 0.25) is 5.88 Å². The second kappa shape index (κ2) is 8.50. The highest BCUT2D eigenvalue weighted by Gasteiger charge is 2.32. The average Bonchev–Trinajstić information content (AvgIpc) is 3.02. The van der Waals surface area contributed by atoms with Crippen LogP contribution in [0.25, 0.3) is 0 Å². The first-order valence-electron chi connectivity index (χ1n) is 9.27. The maximum Gasteiger partial charge on any atom is 0.488 e. The van der Waals surface area contributed by atoms with Gasteiger partial charge in [0.25, 0.3) is 0 Å². The molecule has 0 radical (unpaired) electrons. The summed E-state index contributed by atoms with van der Waals surface area (Å²) in [6.07, 6.45) is 3.12. The fraction of sp³-hybridized carbons (Fsp3) is 0.474. The smallest absolute Gasteiger partial charge is 0.472 e. The first-order chi connectivity index (χ1) is 13.7. The van der Waals surface area contributed by atoms with Crippen molar-refractivity contribution in [2.75, 3.05) is 0 Å². The summed E-state index contributed by atoms with van der Waals surface area (Å²) in [4.78, 5) is 16.5. The van der Waals surface area contributed by atoms with Gasteiger partial charge >= 0.3 is 16.2 Å². The molecule has 0 spiro atoms. The molecule has 0 amide bonds. The van der Waals surface area contributed by atoms with Gasteiger partial charge in [-0.05, 0) is 43.4 Å². The molecule has 1 fully saturated rings. The van der Waals surface area contributed by atoms with E-state index >= 15 is 0 Å². The van der Waals surface area contributed by atoms with Crippen LogP contribution in [-0.2, 0) is 21.8 Å². The first-order valence-corrected chi connectivity index (χ1v) is 10.6. The Morgan fingerprint density at radius 3 is 2.59 bits per heavy atom. The van der Waals surface area contributed by atoms with Crippen molar-refractivity contribution in [3.05, 3.63) is 52.1 Å². The lowest BCUT2D eigenvalue weighted by Crippen LogP contribution is -2.28. The van der Waals surface area contributed by atoms with Gasteiger partial charge in [-0.3, -0.25) is 4.57 Å². The number of aryl methyl sites for hydroxylation is 1. The second-order valence-corrected chi connectivity index (χ2v) is 8.03. The van der Waals surface area contributed by atoms with E-state index in [2.05, 4.69) is 23.0 Å². The van der Waals surface area contributed by atoms with Crippen LogP contribution in [0.3, 0.4) is 0 Å². The number of nitrogens with zero attached hydrogens (tertiary/aromatic N) is 2. The van der Waals surface area contributed by atoms with E-state index in [-0.39, 0.29) is 30.6 Å². The van der Waals surface area contributed by atoms with Crippen LogP contribution in [0, 0.1) is 12.8 Å². The minimum atomic E-state index is -5.06. The zero-order chi connectivity index (χ0) is 21.2. The summed E-state index contributed by atoms with van der Waals surface area (Å²) < 4.78 is 50.7. The highest BCUT2D eigenvalue weighted by molar-refractivity contribution is 7.81. The van der Waals surface area contributed by atoms with Crippen LogP contribution in [0.2, 0.25) is 0 Å². The third-order valence-electron chi connectivity index (χ3n) is 4.84. The molecule has 10 heteroatoms. The lowest BCUT2D eigenvalue weighted by molar-refractivity contribution is -0.00781. The number of benzene rings is 1. The summed E-state index contributed by atoms with van der Waals surface area (Å²) in [5.74, 6) is 0.424. The van der Waals surface area contributed by atoms with Gasteiger partial charge in [-0.1, -0.05) is 29.9 Å². The van der Waals surface area contributed by atoms with Gasteiger partial charge < -0.3 is 13.7 Å². The van der Waals surface area contributed by atoms with Crippen LogP contribution < -0.4 is 14.6 Å². The molecule has 1 saturated heterocycles. The first kappa shape index (κ1) is 21.3. The van der Waals surface area contributed by atoms with Crippen molar-refractivity contribution in [2.24, 2.45) is 5.92 Å². The number of hydrogen-bond donors (Lipinski definition) is 0. The van der Waals surface area contributed by atoms with Crippen molar-refractivity contribution >= 4 is 10.5 Å². The van der Waals surface area contributed by atoms with Gasteiger partial charge in [0.15, 0.2) is 0 Å². The normalized spacial score (nSPS) is 21.9. The highest BCUT2D eigenvalue weighted by atomic mass is 32.3. The van der Waals surface area contributed by atoms with Gasteiger partial charge in [0.1, 0.15) is 18.6 Å². The SMILES string of the molecule is CC[C@H]1O[C@@H](n2cc(C)c(OCc3ccc(OS(=O)(=O)F)cc3)nc2=O)CC1C. The van der Waals surface area contributed by atoms with Crippen LogP contribution in [0.1, 0.15) is 44.0 Å². The molecule has 3 atom stereocenters. The van der Waals surface area contributed by atoms with E-state index in [4.69, 9.17) is 9.47 Å². The molecule has 1 unspecified atom stereocenters. The fourth-order valence-corrected chi connectivity index (χ4v) is 3.69. The number of hydrogen-bond acceptors (Lipinski definition) is 7. The third-order valence-corrected chi connectivity index (χ3v) is 5.23. The van der Waals surface area contributed by atoms with Crippen molar-refractivity contribution in [1.29, 1.82) is 0 Å². The van der Waals surface area contributed by atoms with Gasteiger partial charge in [-0.15, -0.1) is 0 Å². The van der Waals surface area contributed by atoms with E-state index in [1.165, 1.54) is 28.8 Å². The standard InChI is InChI=1S/C19H23FN2O6S/c1-4-16-12(2)9-17(27-16)22-10-13(3)18(21-19(22)23)26-11-14-5-7-15(8-6-14)28-29(20,24)25/h5-8,10,12,16-17H,4,9,11H2,1-3H3/t12?,16-,17-/m1/s1. The molecule has 2 heterocycles. The van der Waals surface area contributed by atoms with Crippen molar-refractivity contribution in [3.8, 4) is 11.6 Å². The number of halogens is 1. The quantitative estimate of drug-likeness (QED) is 0.628. The molecular weight excluding hydrogens is 403 g/mol. The van der Waals surface area contributed by atoms with E-state index < -0.39 is 16.2 Å². The minimum absolute atomic E-state index is 0.0921. The molecule has 8 nitrogen and oxygen atoms in total. The number of ether oxygens (including phenoxy) is 2.